The Bertz CT molecular complexity index is 1240. The maximum atomic E-state index is 12.7. The number of nitrogens with one attached hydrogen (secondary N) is 1. The number of aryl methyl sites for hydroxylation is 4. The fraction of sp³-hybridized carbons (Fsp3) is 0.333. The number of nitrogens with zero attached hydrogens (tertiary/aromatic N) is 2. The van der Waals surface area contributed by atoms with Crippen molar-refractivity contribution in [3.8, 4) is 5.75 Å². The summed E-state index contributed by atoms with van der Waals surface area (Å²) in [5.74, 6) is 1.94. The van der Waals surface area contributed by atoms with Crippen LogP contribution in [0.25, 0.3) is 11.0 Å². The van der Waals surface area contributed by atoms with Gasteiger partial charge in [-0.25, -0.2) is 4.98 Å². The summed E-state index contributed by atoms with van der Waals surface area (Å²) in [6.07, 6.45) is 3.10. The van der Waals surface area contributed by atoms with Crippen LogP contribution < -0.4 is 10.1 Å². The Hall–Kier alpha value is -3.60. The molecule has 0 aliphatic carbocycles. The summed E-state index contributed by atoms with van der Waals surface area (Å²) in [6.45, 7) is 7.70. The van der Waals surface area contributed by atoms with Crippen molar-refractivity contribution in [2.75, 3.05) is 6.61 Å². The molecule has 35 heavy (non-hydrogen) atoms. The highest BCUT2D eigenvalue weighted by Gasteiger charge is 2.18. The largest absolute Gasteiger partial charge is 0.493 e. The molecule has 1 atom stereocenters. The number of fused-ring (bicyclic) bond motifs is 1. The second kappa shape index (κ2) is 11.7. The van der Waals surface area contributed by atoms with Crippen molar-refractivity contribution in [1.82, 2.24) is 14.9 Å². The molecular weight excluding hydrogens is 434 g/mol. The zero-order chi connectivity index (χ0) is 24.6. The number of benzene rings is 3. The molecule has 0 radical (unpaired) electrons. The highest BCUT2D eigenvalue weighted by Crippen LogP contribution is 2.24. The summed E-state index contributed by atoms with van der Waals surface area (Å²) in [5.41, 5.74) is 5.57. The molecular formula is C30H35N3O2. The first-order valence-electron chi connectivity index (χ1n) is 12.5. The minimum Gasteiger partial charge on any atom is -0.493 e. The van der Waals surface area contributed by atoms with E-state index >= 15 is 0 Å². The Morgan fingerprint density at radius 3 is 2.43 bits per heavy atom. The number of amides is 1. The summed E-state index contributed by atoms with van der Waals surface area (Å²) < 4.78 is 8.33. The van der Waals surface area contributed by atoms with Crippen LogP contribution in [-0.2, 0) is 17.8 Å². The fourth-order valence-electron chi connectivity index (χ4n) is 4.51. The number of hydrogen-bond acceptors (Lipinski definition) is 3. The lowest BCUT2D eigenvalue weighted by atomic mass is 10.1. The highest BCUT2D eigenvalue weighted by molar-refractivity contribution is 5.78. The molecule has 1 aromatic heterocycles. The van der Waals surface area contributed by atoms with Crippen LogP contribution in [0.4, 0.5) is 0 Å². The molecule has 0 saturated heterocycles. The Labute approximate surface area is 208 Å². The number of carbonyl (C=O) groups excluding carboxylic acids is 1. The van der Waals surface area contributed by atoms with Crippen molar-refractivity contribution < 1.29 is 9.53 Å². The Morgan fingerprint density at radius 1 is 0.943 bits per heavy atom. The van der Waals surface area contributed by atoms with Crippen LogP contribution >= 0.6 is 0 Å². The minimum absolute atomic E-state index is 0.0435. The number of aromatic nitrogens is 2. The smallest absolute Gasteiger partial charge is 0.220 e. The van der Waals surface area contributed by atoms with Crippen molar-refractivity contribution in [3.05, 3.63) is 95.3 Å². The van der Waals surface area contributed by atoms with Gasteiger partial charge in [-0.1, -0.05) is 60.7 Å². The van der Waals surface area contributed by atoms with Gasteiger partial charge in [-0.05, 0) is 68.9 Å². The van der Waals surface area contributed by atoms with Gasteiger partial charge in [-0.3, -0.25) is 4.79 Å². The first-order valence-corrected chi connectivity index (χ1v) is 12.5. The van der Waals surface area contributed by atoms with Gasteiger partial charge in [-0.2, -0.15) is 0 Å². The molecule has 1 N–H and O–H groups in total. The van der Waals surface area contributed by atoms with E-state index in [1.807, 2.05) is 43.3 Å². The van der Waals surface area contributed by atoms with Crippen LogP contribution in [0.1, 0.15) is 54.7 Å². The maximum absolute atomic E-state index is 12.7. The molecule has 5 heteroatoms. The summed E-state index contributed by atoms with van der Waals surface area (Å²) in [5, 5.41) is 3.16. The third-order valence-corrected chi connectivity index (χ3v) is 6.36. The summed E-state index contributed by atoms with van der Waals surface area (Å²) in [7, 11) is 0. The van der Waals surface area contributed by atoms with E-state index in [1.165, 1.54) is 16.7 Å². The van der Waals surface area contributed by atoms with Gasteiger partial charge in [0.2, 0.25) is 5.91 Å². The molecule has 1 amide bonds. The number of rotatable bonds is 11. The van der Waals surface area contributed by atoms with E-state index in [1.54, 1.807) is 0 Å². The normalized spacial score (nSPS) is 12.0. The van der Waals surface area contributed by atoms with Gasteiger partial charge in [0.1, 0.15) is 11.6 Å². The molecule has 0 spiro atoms. The molecule has 4 rings (SSSR count). The minimum atomic E-state index is -0.170. The lowest BCUT2D eigenvalue weighted by Gasteiger charge is -2.17. The number of para-hydroxylation sites is 3. The molecule has 3 aromatic carbocycles. The van der Waals surface area contributed by atoms with Gasteiger partial charge >= 0.3 is 0 Å². The topological polar surface area (TPSA) is 56.1 Å². The molecule has 0 fully saturated rings. The number of unbranched alkanes of at least 4 members (excludes halogenated alkanes) is 1. The van der Waals surface area contributed by atoms with Crippen LogP contribution in [0.5, 0.6) is 5.75 Å². The van der Waals surface area contributed by atoms with Crippen molar-refractivity contribution in [2.24, 2.45) is 0 Å². The van der Waals surface area contributed by atoms with E-state index in [9.17, 15) is 4.79 Å². The molecule has 1 heterocycles. The zero-order valence-corrected chi connectivity index (χ0v) is 21.0. The molecule has 4 aromatic rings. The van der Waals surface area contributed by atoms with Gasteiger partial charge < -0.3 is 14.6 Å². The standard InChI is InChI=1S/C30H35N3O2/c1-22-12-11-13-23(2)29(22)35-21-10-9-20-33-27-17-8-7-16-26(27)32-30(33)24(3)31-28(34)19-18-25-14-5-4-6-15-25/h4-8,11-17,24H,9-10,18-21H2,1-3H3,(H,31,34). The third kappa shape index (κ3) is 6.30. The van der Waals surface area contributed by atoms with Crippen LogP contribution in [0, 0.1) is 13.8 Å². The predicted octanol–water partition coefficient (Wildman–Crippen LogP) is 6.32. The van der Waals surface area contributed by atoms with E-state index in [0.717, 1.165) is 48.4 Å². The Morgan fingerprint density at radius 2 is 1.66 bits per heavy atom. The Kier molecular flexibility index (Phi) is 8.19. The zero-order valence-electron chi connectivity index (χ0n) is 21.0. The summed E-state index contributed by atoms with van der Waals surface area (Å²) in [4.78, 5) is 17.5. The van der Waals surface area contributed by atoms with Crippen molar-refractivity contribution in [1.29, 1.82) is 0 Å². The molecule has 5 nitrogen and oxygen atoms in total. The van der Waals surface area contributed by atoms with Crippen molar-refractivity contribution in [2.45, 2.75) is 59.0 Å². The quantitative estimate of drug-likeness (QED) is 0.261. The number of hydrogen-bond donors (Lipinski definition) is 1. The van der Waals surface area contributed by atoms with Gasteiger partial charge in [-0.15, -0.1) is 0 Å². The highest BCUT2D eigenvalue weighted by atomic mass is 16.5. The molecule has 0 saturated carbocycles. The van der Waals surface area contributed by atoms with Crippen LogP contribution in [0.15, 0.2) is 72.8 Å². The number of carbonyl (C=O) groups is 1. The number of ether oxygens (including phenoxy) is 1. The summed E-state index contributed by atoms with van der Waals surface area (Å²) in [6, 6.07) is 24.4. The van der Waals surface area contributed by atoms with Gasteiger partial charge in [0.15, 0.2) is 0 Å². The van der Waals surface area contributed by atoms with Gasteiger partial charge in [0.25, 0.3) is 0 Å². The maximum Gasteiger partial charge on any atom is 0.220 e. The SMILES string of the molecule is Cc1cccc(C)c1OCCCCn1c(C(C)NC(=O)CCc2ccccc2)nc2ccccc21. The first-order chi connectivity index (χ1) is 17.0. The molecule has 1 unspecified atom stereocenters. The van der Waals surface area contributed by atoms with Crippen LogP contribution in [0.3, 0.4) is 0 Å². The first kappa shape index (κ1) is 24.5. The molecule has 182 valence electrons. The third-order valence-electron chi connectivity index (χ3n) is 6.36. The van der Waals surface area contributed by atoms with Crippen LogP contribution in [0.2, 0.25) is 0 Å². The van der Waals surface area contributed by atoms with Gasteiger partial charge in [0, 0.05) is 13.0 Å². The lowest BCUT2D eigenvalue weighted by molar-refractivity contribution is -0.121. The predicted molar refractivity (Wildman–Crippen MR) is 142 cm³/mol. The summed E-state index contributed by atoms with van der Waals surface area (Å²) >= 11 is 0. The number of imidazole rings is 1. The monoisotopic (exact) mass is 469 g/mol. The molecule has 0 aliphatic heterocycles. The van der Waals surface area contributed by atoms with Crippen molar-refractivity contribution >= 4 is 16.9 Å². The fourth-order valence-corrected chi connectivity index (χ4v) is 4.51. The average molecular weight is 470 g/mol. The van der Waals surface area contributed by atoms with E-state index in [4.69, 9.17) is 9.72 Å². The van der Waals surface area contributed by atoms with E-state index in [0.29, 0.717) is 13.0 Å². The van der Waals surface area contributed by atoms with E-state index < -0.39 is 0 Å². The lowest BCUT2D eigenvalue weighted by Crippen LogP contribution is -2.29. The van der Waals surface area contributed by atoms with E-state index in [-0.39, 0.29) is 11.9 Å². The average Bonchev–Trinajstić information content (AvgIpc) is 3.23. The Balaban J connectivity index is 1.36. The van der Waals surface area contributed by atoms with Crippen LogP contribution in [-0.4, -0.2) is 22.1 Å². The molecule has 0 bridgehead atoms. The van der Waals surface area contributed by atoms with Gasteiger partial charge in [0.05, 0.1) is 23.7 Å². The van der Waals surface area contributed by atoms with Crippen molar-refractivity contribution in [3.63, 3.8) is 0 Å². The molecule has 0 aliphatic rings. The van der Waals surface area contributed by atoms with E-state index in [2.05, 4.69) is 60.1 Å². The second-order valence-corrected chi connectivity index (χ2v) is 9.16. The second-order valence-electron chi connectivity index (χ2n) is 9.16.